The van der Waals surface area contributed by atoms with E-state index in [1.165, 1.54) is 0 Å². The Bertz CT molecular complexity index is 214. The minimum Gasteiger partial charge on any atom is -0.414 e. The Kier molecular flexibility index (Phi) is 3.77. The maximum Gasteiger partial charge on any atom is 0.461 e. The Hall–Kier alpha value is -0.865. The van der Waals surface area contributed by atoms with Gasteiger partial charge in [0.2, 0.25) is 0 Å². The van der Waals surface area contributed by atoms with Gasteiger partial charge in [0, 0.05) is 32.9 Å². The van der Waals surface area contributed by atoms with E-state index in [4.69, 9.17) is 9.31 Å². The van der Waals surface area contributed by atoms with Gasteiger partial charge in [-0.3, -0.25) is 4.98 Å². The molecule has 0 aromatic carbocycles. The smallest absolute Gasteiger partial charge is 0.414 e. The van der Waals surface area contributed by atoms with E-state index in [0.717, 1.165) is 11.9 Å². The van der Waals surface area contributed by atoms with Crippen molar-refractivity contribution >= 4 is 7.12 Å². The van der Waals surface area contributed by atoms with Crippen LogP contribution in [0.1, 0.15) is 5.56 Å². The molecule has 0 amide bonds. The van der Waals surface area contributed by atoms with Crippen molar-refractivity contribution in [1.29, 1.82) is 0 Å². The van der Waals surface area contributed by atoms with Crippen molar-refractivity contribution in [3.05, 3.63) is 30.1 Å². The summed E-state index contributed by atoms with van der Waals surface area (Å²) >= 11 is 0. The van der Waals surface area contributed by atoms with Crippen LogP contribution in [0.2, 0.25) is 0 Å². The van der Waals surface area contributed by atoms with E-state index in [2.05, 4.69) is 4.98 Å². The van der Waals surface area contributed by atoms with Gasteiger partial charge >= 0.3 is 7.12 Å². The van der Waals surface area contributed by atoms with Gasteiger partial charge in [-0.2, -0.15) is 0 Å². The fourth-order valence-corrected chi connectivity index (χ4v) is 0.974. The van der Waals surface area contributed by atoms with Gasteiger partial charge in [0.25, 0.3) is 0 Å². The van der Waals surface area contributed by atoms with Gasteiger partial charge in [-0.1, -0.05) is 6.07 Å². The maximum absolute atomic E-state index is 5.05. The molecule has 0 atom stereocenters. The average Bonchev–Trinajstić information content (AvgIpc) is 2.16. The lowest BCUT2D eigenvalue weighted by molar-refractivity contribution is 0.277. The summed E-state index contributed by atoms with van der Waals surface area (Å²) in [4.78, 5) is 4.00. The lowest BCUT2D eigenvalue weighted by atomic mass is 9.81. The zero-order valence-corrected chi connectivity index (χ0v) is 7.36. The standard InChI is InChI=1S/C8H12BNO2/c1-11-9(12-2)6-8-4-3-5-10-7-8/h3-5,7H,6H2,1-2H3. The highest BCUT2D eigenvalue weighted by Gasteiger charge is 2.14. The molecule has 0 fully saturated rings. The summed E-state index contributed by atoms with van der Waals surface area (Å²) in [5.41, 5.74) is 1.12. The average molecular weight is 165 g/mol. The van der Waals surface area contributed by atoms with E-state index >= 15 is 0 Å². The van der Waals surface area contributed by atoms with E-state index in [9.17, 15) is 0 Å². The molecular weight excluding hydrogens is 153 g/mol. The van der Waals surface area contributed by atoms with Gasteiger partial charge in [-0.25, -0.2) is 0 Å². The molecule has 0 aliphatic carbocycles. The first-order valence-corrected chi connectivity index (χ1v) is 3.81. The molecule has 0 saturated heterocycles. The van der Waals surface area contributed by atoms with Crippen LogP contribution >= 0.6 is 0 Å². The first kappa shape index (κ1) is 9.22. The third-order valence-corrected chi connectivity index (χ3v) is 1.65. The van der Waals surface area contributed by atoms with Crippen LogP contribution in [0.5, 0.6) is 0 Å². The second kappa shape index (κ2) is 4.90. The highest BCUT2D eigenvalue weighted by Crippen LogP contribution is 2.00. The van der Waals surface area contributed by atoms with Gasteiger partial charge in [0.05, 0.1) is 0 Å². The summed E-state index contributed by atoms with van der Waals surface area (Å²) < 4.78 is 10.1. The topological polar surface area (TPSA) is 31.4 Å². The Labute approximate surface area is 72.9 Å². The molecule has 0 unspecified atom stereocenters. The van der Waals surface area contributed by atoms with E-state index in [0.29, 0.717) is 0 Å². The summed E-state index contributed by atoms with van der Waals surface area (Å²) in [6.45, 7) is 0. The van der Waals surface area contributed by atoms with E-state index in [1.807, 2.05) is 18.3 Å². The van der Waals surface area contributed by atoms with Gasteiger partial charge in [-0.05, 0) is 11.6 Å². The highest BCUT2D eigenvalue weighted by molar-refractivity contribution is 6.43. The lowest BCUT2D eigenvalue weighted by Gasteiger charge is -2.07. The van der Waals surface area contributed by atoms with E-state index in [-0.39, 0.29) is 7.12 Å². The van der Waals surface area contributed by atoms with Crippen molar-refractivity contribution in [3.63, 3.8) is 0 Å². The largest absolute Gasteiger partial charge is 0.461 e. The first-order valence-electron chi connectivity index (χ1n) is 3.81. The first-order chi connectivity index (χ1) is 5.86. The monoisotopic (exact) mass is 165 g/mol. The second-order valence-electron chi connectivity index (χ2n) is 2.47. The molecule has 0 bridgehead atoms. The van der Waals surface area contributed by atoms with Gasteiger partial charge in [-0.15, -0.1) is 0 Å². The SMILES string of the molecule is COB(Cc1cccnc1)OC. The minimum absolute atomic E-state index is 0.172. The molecule has 0 aliphatic rings. The molecule has 0 aliphatic heterocycles. The zero-order valence-electron chi connectivity index (χ0n) is 7.36. The van der Waals surface area contributed by atoms with Crippen LogP contribution in [-0.2, 0) is 15.6 Å². The van der Waals surface area contributed by atoms with Crippen LogP contribution in [0.4, 0.5) is 0 Å². The van der Waals surface area contributed by atoms with Crippen LogP contribution in [0.3, 0.4) is 0 Å². The highest BCUT2D eigenvalue weighted by atomic mass is 16.6. The normalized spacial score (nSPS) is 9.83. The Balaban J connectivity index is 2.51. The molecule has 64 valence electrons. The maximum atomic E-state index is 5.05. The van der Waals surface area contributed by atoms with Crippen LogP contribution in [0.25, 0.3) is 0 Å². The summed E-state index contributed by atoms with van der Waals surface area (Å²) in [5, 5.41) is 0. The van der Waals surface area contributed by atoms with Crippen molar-refractivity contribution in [2.45, 2.75) is 6.32 Å². The number of pyridine rings is 1. The van der Waals surface area contributed by atoms with Crippen LogP contribution in [-0.4, -0.2) is 26.3 Å². The molecule has 1 rings (SSSR count). The summed E-state index contributed by atoms with van der Waals surface area (Å²) in [5.74, 6) is 0. The number of hydrogen-bond donors (Lipinski definition) is 0. The van der Waals surface area contributed by atoms with Gasteiger partial charge < -0.3 is 9.31 Å². The molecule has 0 radical (unpaired) electrons. The van der Waals surface area contributed by atoms with Crippen molar-refractivity contribution in [1.82, 2.24) is 4.98 Å². The van der Waals surface area contributed by atoms with E-state index < -0.39 is 0 Å². The van der Waals surface area contributed by atoms with Crippen molar-refractivity contribution in [2.24, 2.45) is 0 Å². The van der Waals surface area contributed by atoms with Crippen LogP contribution in [0, 0.1) is 0 Å². The van der Waals surface area contributed by atoms with Crippen molar-refractivity contribution in [2.75, 3.05) is 14.2 Å². The molecule has 0 spiro atoms. The van der Waals surface area contributed by atoms with Gasteiger partial charge in [0.15, 0.2) is 0 Å². The predicted molar refractivity (Wildman–Crippen MR) is 47.7 cm³/mol. The molecule has 1 heterocycles. The molecule has 1 aromatic rings. The fourth-order valence-electron chi connectivity index (χ4n) is 0.974. The van der Waals surface area contributed by atoms with Crippen molar-refractivity contribution in [3.8, 4) is 0 Å². The quantitative estimate of drug-likeness (QED) is 0.622. The third kappa shape index (κ3) is 2.64. The molecule has 0 saturated carbocycles. The number of aromatic nitrogens is 1. The second-order valence-corrected chi connectivity index (χ2v) is 2.47. The zero-order chi connectivity index (χ0) is 8.81. The van der Waals surface area contributed by atoms with Crippen molar-refractivity contribution < 1.29 is 9.31 Å². The minimum atomic E-state index is -0.172. The predicted octanol–water partition coefficient (Wildman–Crippen LogP) is 0.944. The summed E-state index contributed by atoms with van der Waals surface area (Å²) in [7, 11) is 3.09. The van der Waals surface area contributed by atoms with Crippen LogP contribution in [0.15, 0.2) is 24.5 Å². The third-order valence-electron chi connectivity index (χ3n) is 1.65. The number of hydrogen-bond acceptors (Lipinski definition) is 3. The van der Waals surface area contributed by atoms with E-state index in [1.54, 1.807) is 20.4 Å². The fraction of sp³-hybridized carbons (Fsp3) is 0.375. The van der Waals surface area contributed by atoms with Crippen LogP contribution < -0.4 is 0 Å². The number of nitrogens with zero attached hydrogens (tertiary/aromatic N) is 1. The molecule has 1 aromatic heterocycles. The summed E-state index contributed by atoms with van der Waals surface area (Å²) in [6.07, 6.45) is 4.30. The number of rotatable bonds is 4. The lowest BCUT2D eigenvalue weighted by Crippen LogP contribution is -2.22. The van der Waals surface area contributed by atoms with Gasteiger partial charge in [0.1, 0.15) is 0 Å². The molecule has 4 heteroatoms. The summed E-state index contributed by atoms with van der Waals surface area (Å²) in [6, 6.07) is 3.90. The Morgan fingerprint density at radius 3 is 2.67 bits per heavy atom. The Morgan fingerprint density at radius 2 is 2.17 bits per heavy atom. The Morgan fingerprint density at radius 1 is 1.42 bits per heavy atom. The molecule has 3 nitrogen and oxygen atoms in total. The molecule has 12 heavy (non-hydrogen) atoms. The molecule has 0 N–H and O–H groups in total. The molecular formula is C8H12BNO2.